The molecule has 0 saturated carbocycles. The molecule has 0 radical (unpaired) electrons. The van der Waals surface area contributed by atoms with Gasteiger partial charge in [-0.1, -0.05) is 222 Å². The molecule has 0 amide bonds. The minimum absolute atomic E-state index is 0.0417. The number of carboxylic acids is 1. The summed E-state index contributed by atoms with van der Waals surface area (Å²) in [5.41, 5.74) is 0. The van der Waals surface area contributed by atoms with E-state index in [-0.39, 0.29) is 25.9 Å². The average molecular weight is 1110 g/mol. The van der Waals surface area contributed by atoms with Crippen LogP contribution in [-0.2, 0) is 42.9 Å². The molecule has 1 rings (SSSR count). The van der Waals surface area contributed by atoms with Crippen molar-refractivity contribution in [2.75, 3.05) is 13.2 Å². The van der Waals surface area contributed by atoms with E-state index in [1.807, 2.05) is 0 Å². The molecule has 12 nitrogen and oxygen atoms in total. The lowest BCUT2D eigenvalue weighted by Gasteiger charge is -2.40. The largest absolute Gasteiger partial charge is 0.479 e. The number of aliphatic carboxylic acids is 1. The van der Waals surface area contributed by atoms with Crippen LogP contribution < -0.4 is 0 Å². The van der Waals surface area contributed by atoms with E-state index in [2.05, 4.69) is 93.7 Å². The summed E-state index contributed by atoms with van der Waals surface area (Å²) in [6, 6.07) is 0. The Morgan fingerprint density at radius 2 is 0.785 bits per heavy atom. The summed E-state index contributed by atoms with van der Waals surface area (Å²) in [4.78, 5) is 51.3. The van der Waals surface area contributed by atoms with Crippen molar-refractivity contribution < 1.29 is 58.2 Å². The minimum Gasteiger partial charge on any atom is -0.479 e. The Bertz CT molecular complexity index is 1650. The molecule has 0 bridgehead atoms. The predicted molar refractivity (Wildman–Crippen MR) is 322 cm³/mol. The van der Waals surface area contributed by atoms with Gasteiger partial charge < -0.3 is 39.0 Å². The number of aliphatic hydroxyl groups is 2. The summed E-state index contributed by atoms with van der Waals surface area (Å²) >= 11 is 0. The summed E-state index contributed by atoms with van der Waals surface area (Å²) in [6.45, 7) is 5.88. The third-order valence-electron chi connectivity index (χ3n) is 14.2. The van der Waals surface area contributed by atoms with Crippen LogP contribution in [0.5, 0.6) is 0 Å². The molecule has 1 fully saturated rings. The van der Waals surface area contributed by atoms with Gasteiger partial charge in [-0.2, -0.15) is 0 Å². The second-order valence-electron chi connectivity index (χ2n) is 21.7. The highest BCUT2D eigenvalue weighted by molar-refractivity contribution is 5.74. The number of unbranched alkanes of at least 4 members (excludes halogenated alkanes) is 28. The molecule has 1 heterocycles. The Balaban J connectivity index is 2.67. The lowest BCUT2D eigenvalue weighted by molar-refractivity contribution is -0.301. The van der Waals surface area contributed by atoms with Crippen molar-refractivity contribution in [3.05, 3.63) is 72.9 Å². The van der Waals surface area contributed by atoms with Gasteiger partial charge in [0.1, 0.15) is 18.8 Å². The number of rotatable bonds is 54. The van der Waals surface area contributed by atoms with E-state index in [4.69, 9.17) is 23.7 Å². The third kappa shape index (κ3) is 44.5. The van der Waals surface area contributed by atoms with E-state index < -0.39 is 67.3 Å². The van der Waals surface area contributed by atoms with Crippen molar-refractivity contribution in [3.8, 4) is 0 Å². The van der Waals surface area contributed by atoms with Crippen LogP contribution in [0, 0.1) is 0 Å². The zero-order valence-corrected chi connectivity index (χ0v) is 50.1. The van der Waals surface area contributed by atoms with Crippen LogP contribution in [0.1, 0.15) is 278 Å². The highest BCUT2D eigenvalue weighted by atomic mass is 16.7. The summed E-state index contributed by atoms with van der Waals surface area (Å²) in [6.07, 6.45) is 57.1. The highest BCUT2D eigenvalue weighted by Gasteiger charge is 2.50. The molecule has 1 saturated heterocycles. The average Bonchev–Trinajstić information content (AvgIpc) is 3.46. The van der Waals surface area contributed by atoms with E-state index >= 15 is 0 Å². The van der Waals surface area contributed by atoms with Crippen molar-refractivity contribution in [1.29, 1.82) is 0 Å². The second kappa shape index (κ2) is 54.7. The molecule has 454 valence electrons. The van der Waals surface area contributed by atoms with E-state index in [0.717, 1.165) is 128 Å². The Kier molecular flexibility index (Phi) is 50.7. The first-order chi connectivity index (χ1) is 38.6. The van der Waals surface area contributed by atoms with Crippen LogP contribution in [-0.4, -0.2) is 89.2 Å². The van der Waals surface area contributed by atoms with Crippen LogP contribution in [0.3, 0.4) is 0 Å². The van der Waals surface area contributed by atoms with Crippen molar-refractivity contribution in [3.63, 3.8) is 0 Å². The molecule has 1 aliphatic rings. The van der Waals surface area contributed by atoms with Crippen LogP contribution in [0.2, 0.25) is 0 Å². The van der Waals surface area contributed by atoms with Gasteiger partial charge >= 0.3 is 23.9 Å². The molecule has 0 aliphatic carbocycles. The fourth-order valence-electron chi connectivity index (χ4n) is 9.29. The number of carbonyl (C=O) groups is 4. The van der Waals surface area contributed by atoms with Gasteiger partial charge in [0.05, 0.1) is 6.61 Å². The topological polar surface area (TPSA) is 175 Å². The first-order valence-electron chi connectivity index (χ1n) is 31.9. The molecule has 3 N–H and O–H groups in total. The lowest BCUT2D eigenvalue weighted by atomic mass is 9.98. The zero-order chi connectivity index (χ0) is 57.5. The molecule has 0 spiro atoms. The normalized spacial score (nSPS) is 18.3. The van der Waals surface area contributed by atoms with Gasteiger partial charge in [-0.05, 0) is 109 Å². The predicted octanol–water partition coefficient (Wildman–Crippen LogP) is 16.9. The lowest BCUT2D eigenvalue weighted by Crippen LogP contribution is -2.61. The van der Waals surface area contributed by atoms with Crippen molar-refractivity contribution >= 4 is 23.9 Å². The fraction of sp³-hybridized carbons (Fsp3) is 0.761. The number of esters is 3. The maximum atomic E-state index is 13.2. The monoisotopic (exact) mass is 1110 g/mol. The fourth-order valence-corrected chi connectivity index (χ4v) is 9.29. The number of hydrogen-bond donors (Lipinski definition) is 3. The number of carbonyl (C=O) groups excluding carboxylic acids is 3. The quantitative estimate of drug-likeness (QED) is 0.0228. The highest BCUT2D eigenvalue weighted by Crippen LogP contribution is 2.26. The zero-order valence-electron chi connectivity index (χ0n) is 50.1. The van der Waals surface area contributed by atoms with Gasteiger partial charge in [-0.15, -0.1) is 0 Å². The molecule has 6 unspecified atom stereocenters. The minimum atomic E-state index is -1.91. The smallest absolute Gasteiger partial charge is 0.335 e. The Labute approximate surface area is 480 Å². The van der Waals surface area contributed by atoms with Crippen LogP contribution >= 0.6 is 0 Å². The van der Waals surface area contributed by atoms with Crippen LogP contribution in [0.4, 0.5) is 0 Å². The van der Waals surface area contributed by atoms with Gasteiger partial charge in [-0.25, -0.2) is 4.79 Å². The molecule has 0 aromatic heterocycles. The first-order valence-corrected chi connectivity index (χ1v) is 31.9. The summed E-state index contributed by atoms with van der Waals surface area (Å²) < 4.78 is 28.5. The first kappa shape index (κ1) is 73.2. The molecule has 0 aromatic carbocycles. The second-order valence-corrected chi connectivity index (χ2v) is 21.7. The standard InChI is InChI=1S/C67H114O12/c1-4-7-10-13-16-19-22-25-27-29-30-32-33-36-38-41-44-47-50-53-59(68)75-56-58(77-60(69)54-51-48-45-42-40-37-34-31-28-26-23-20-17-14-11-8-5-2)57-76-67-65(63(72)62(71)64(79-67)66(73)74)78-61(70)55-52-49-46-43-39-35-24-21-18-15-12-9-6-3/h12,15-17,19-21,24-28,58,62-65,67,71-72H,4-11,13-14,18,22-23,29-57H2,1-3H3,(H,73,74)/b15-12-,19-16-,20-17-,24-21-,27-25-,28-26-. The van der Waals surface area contributed by atoms with Gasteiger partial charge in [-0.3, -0.25) is 14.4 Å². The van der Waals surface area contributed by atoms with Crippen molar-refractivity contribution in [1.82, 2.24) is 0 Å². The molecular formula is C67H114O12. The van der Waals surface area contributed by atoms with Gasteiger partial charge in [0, 0.05) is 19.3 Å². The third-order valence-corrected chi connectivity index (χ3v) is 14.2. The SMILES string of the molecule is CCC/C=C\C/C=C\CCCCCCCC(=O)OC1C(OCC(COC(=O)CCCCCCCCCCC/C=C\C/C=C\CCCCC)OC(=O)CCCCCCCCC/C=C\C/C=C\CCCCC)OC(C(=O)O)C(O)C1O. The molecule has 79 heavy (non-hydrogen) atoms. The van der Waals surface area contributed by atoms with Crippen LogP contribution in [0.15, 0.2) is 72.9 Å². The van der Waals surface area contributed by atoms with Gasteiger partial charge in [0.2, 0.25) is 0 Å². The Morgan fingerprint density at radius 3 is 1.19 bits per heavy atom. The summed E-state index contributed by atoms with van der Waals surface area (Å²) in [5, 5.41) is 31.5. The Morgan fingerprint density at radius 1 is 0.418 bits per heavy atom. The van der Waals surface area contributed by atoms with E-state index in [9.17, 15) is 34.5 Å². The summed E-state index contributed by atoms with van der Waals surface area (Å²) in [7, 11) is 0. The molecule has 1 aliphatic heterocycles. The van der Waals surface area contributed by atoms with Crippen LogP contribution in [0.25, 0.3) is 0 Å². The molecule has 6 atom stereocenters. The van der Waals surface area contributed by atoms with Gasteiger partial charge in [0.25, 0.3) is 0 Å². The number of aliphatic hydroxyl groups excluding tert-OH is 2. The molecule has 0 aromatic rings. The number of ether oxygens (including phenoxy) is 5. The maximum absolute atomic E-state index is 13.2. The number of carboxylic acid groups (broad SMARTS) is 1. The Hall–Kier alpha value is -3.84. The van der Waals surface area contributed by atoms with Crippen molar-refractivity contribution in [2.24, 2.45) is 0 Å². The molecule has 12 heteroatoms. The number of allylic oxidation sites excluding steroid dienone is 12. The molecular weight excluding hydrogens is 997 g/mol. The maximum Gasteiger partial charge on any atom is 0.335 e. The summed E-state index contributed by atoms with van der Waals surface area (Å²) in [5.74, 6) is -3.14. The van der Waals surface area contributed by atoms with E-state index in [1.54, 1.807) is 0 Å². The van der Waals surface area contributed by atoms with Crippen molar-refractivity contribution in [2.45, 2.75) is 314 Å². The number of hydrogen-bond acceptors (Lipinski definition) is 11. The van der Waals surface area contributed by atoms with Gasteiger partial charge in [0.15, 0.2) is 24.6 Å². The van der Waals surface area contributed by atoms with E-state index in [1.165, 1.54) is 89.9 Å². The van der Waals surface area contributed by atoms with E-state index in [0.29, 0.717) is 19.3 Å².